The monoisotopic (exact) mass is 1440 g/mol. The zero-order valence-electron chi connectivity index (χ0n) is 64.3. The van der Waals surface area contributed by atoms with Gasteiger partial charge in [-0.15, -0.1) is 0 Å². The van der Waals surface area contributed by atoms with Crippen LogP contribution in [-0.4, -0.2) is 96.7 Å². The van der Waals surface area contributed by atoms with E-state index in [-0.39, 0.29) is 25.7 Å². The van der Waals surface area contributed by atoms with Gasteiger partial charge in [0, 0.05) is 25.7 Å². The van der Waals surface area contributed by atoms with E-state index in [9.17, 15) is 43.2 Å². The lowest BCUT2D eigenvalue weighted by atomic mass is 9.99. The van der Waals surface area contributed by atoms with Crippen LogP contribution in [0.1, 0.15) is 408 Å². The van der Waals surface area contributed by atoms with Gasteiger partial charge in [0.1, 0.15) is 19.3 Å². The third kappa shape index (κ3) is 71.1. The zero-order chi connectivity index (χ0) is 72.3. The summed E-state index contributed by atoms with van der Waals surface area (Å²) in [5.41, 5.74) is 0. The molecule has 582 valence electrons. The standard InChI is InChI=1S/C79H154O17P2/c1-8-10-11-12-13-14-26-34-39-48-55-62-78(83)96-75(67-90-77(82)61-54-47-42-41-44-51-58-71(5)6)69-94-98(87,88)92-65-73(80)64-91-97(85,86)93-68-74(66-89-76(81)60-53-46-38-33-29-25-21-22-27-31-36-43-50-57-70(3)4)95-79(84)63-56-49-40-35-30-24-20-18-16-15-17-19-23-28-32-37-45-52-59-72(7)9-2/h70-75,80H,8-69H2,1-7H3,(H,85,86)(H,87,88)/t72?,73-,74-,75-/m1/s1. The summed E-state index contributed by atoms with van der Waals surface area (Å²) in [6, 6.07) is 0. The predicted molar refractivity (Wildman–Crippen MR) is 400 cm³/mol. The van der Waals surface area contributed by atoms with Crippen molar-refractivity contribution in [3.05, 3.63) is 0 Å². The summed E-state index contributed by atoms with van der Waals surface area (Å²) in [6.45, 7) is 11.9. The normalized spacial score (nSPS) is 14.3. The molecule has 0 bridgehead atoms. The van der Waals surface area contributed by atoms with Crippen molar-refractivity contribution in [2.24, 2.45) is 17.8 Å². The number of hydrogen-bond acceptors (Lipinski definition) is 15. The van der Waals surface area contributed by atoms with Crippen molar-refractivity contribution >= 4 is 39.5 Å². The number of carbonyl (C=O) groups is 4. The van der Waals surface area contributed by atoms with E-state index in [4.69, 9.17) is 37.0 Å². The molecule has 0 aliphatic carbocycles. The molecule has 0 spiro atoms. The quantitative estimate of drug-likeness (QED) is 0.0222. The van der Waals surface area contributed by atoms with Gasteiger partial charge in [0.15, 0.2) is 12.2 Å². The molecule has 0 rings (SSSR count). The summed E-state index contributed by atoms with van der Waals surface area (Å²) in [6.07, 6.45) is 57.1. The van der Waals surface area contributed by atoms with Gasteiger partial charge in [0.25, 0.3) is 0 Å². The number of aliphatic hydroxyl groups is 1. The van der Waals surface area contributed by atoms with E-state index in [0.717, 1.165) is 108 Å². The molecule has 17 nitrogen and oxygen atoms in total. The zero-order valence-corrected chi connectivity index (χ0v) is 66.0. The van der Waals surface area contributed by atoms with E-state index >= 15 is 0 Å². The third-order valence-electron chi connectivity index (χ3n) is 18.7. The fraction of sp³-hybridized carbons (Fsp3) is 0.949. The van der Waals surface area contributed by atoms with Crippen LogP contribution in [-0.2, 0) is 65.4 Å². The first-order chi connectivity index (χ1) is 47.3. The van der Waals surface area contributed by atoms with Crippen molar-refractivity contribution in [1.82, 2.24) is 0 Å². The van der Waals surface area contributed by atoms with E-state index < -0.39 is 97.5 Å². The molecule has 0 amide bonds. The first kappa shape index (κ1) is 96.1. The second-order valence-electron chi connectivity index (χ2n) is 29.6. The fourth-order valence-electron chi connectivity index (χ4n) is 12.1. The molecular formula is C79H154O17P2. The Balaban J connectivity index is 5.19. The van der Waals surface area contributed by atoms with E-state index in [2.05, 4.69) is 48.5 Å². The van der Waals surface area contributed by atoms with Crippen molar-refractivity contribution in [3.63, 3.8) is 0 Å². The van der Waals surface area contributed by atoms with Crippen molar-refractivity contribution in [2.45, 2.75) is 426 Å². The fourth-order valence-corrected chi connectivity index (χ4v) is 13.7. The average Bonchev–Trinajstić information content (AvgIpc) is 0.957. The summed E-state index contributed by atoms with van der Waals surface area (Å²) in [5, 5.41) is 10.6. The molecule has 0 saturated carbocycles. The van der Waals surface area contributed by atoms with Gasteiger partial charge in [-0.3, -0.25) is 37.3 Å². The molecule has 0 radical (unpaired) electrons. The number of phosphoric acid groups is 2. The van der Waals surface area contributed by atoms with Crippen molar-refractivity contribution in [1.29, 1.82) is 0 Å². The van der Waals surface area contributed by atoms with Gasteiger partial charge in [0.05, 0.1) is 26.4 Å². The summed E-state index contributed by atoms with van der Waals surface area (Å²) in [7, 11) is -9.91. The molecule has 0 aliphatic heterocycles. The topological polar surface area (TPSA) is 237 Å². The van der Waals surface area contributed by atoms with Gasteiger partial charge in [-0.1, -0.05) is 357 Å². The molecule has 0 saturated heterocycles. The number of carbonyl (C=O) groups excluding carboxylic acids is 4. The van der Waals surface area contributed by atoms with Crippen LogP contribution in [0.5, 0.6) is 0 Å². The highest BCUT2D eigenvalue weighted by molar-refractivity contribution is 7.47. The molecule has 3 N–H and O–H groups in total. The Morgan fingerprint density at radius 3 is 0.776 bits per heavy atom. The van der Waals surface area contributed by atoms with Crippen LogP contribution >= 0.6 is 15.6 Å². The van der Waals surface area contributed by atoms with Gasteiger partial charge >= 0.3 is 39.5 Å². The Morgan fingerprint density at radius 2 is 0.520 bits per heavy atom. The molecule has 98 heavy (non-hydrogen) atoms. The van der Waals surface area contributed by atoms with Crippen LogP contribution in [0.4, 0.5) is 0 Å². The van der Waals surface area contributed by atoms with E-state index in [1.807, 2.05) is 0 Å². The van der Waals surface area contributed by atoms with Crippen LogP contribution in [0.2, 0.25) is 0 Å². The largest absolute Gasteiger partial charge is 0.472 e. The maximum Gasteiger partial charge on any atom is 0.472 e. The SMILES string of the molecule is CCCCCCCCCCCCCC(=O)O[C@H](COC(=O)CCCCCCCCC(C)C)COP(=O)(O)OC[C@H](O)COP(=O)(O)OC[C@@H](COC(=O)CCCCCCCCCCCCCCCC(C)C)OC(=O)CCCCCCCCCCCCCCCCCCCCC(C)CC. The molecule has 0 heterocycles. The number of hydrogen-bond donors (Lipinski definition) is 3. The molecule has 0 aromatic heterocycles. The number of ether oxygens (including phenoxy) is 4. The van der Waals surface area contributed by atoms with Gasteiger partial charge in [-0.05, 0) is 43.4 Å². The highest BCUT2D eigenvalue weighted by Gasteiger charge is 2.30. The van der Waals surface area contributed by atoms with Gasteiger partial charge < -0.3 is 33.8 Å². The Morgan fingerprint density at radius 1 is 0.296 bits per heavy atom. The van der Waals surface area contributed by atoms with Crippen LogP contribution < -0.4 is 0 Å². The molecular weight excluding hydrogens is 1280 g/mol. The van der Waals surface area contributed by atoms with Gasteiger partial charge in [-0.2, -0.15) is 0 Å². The number of aliphatic hydroxyl groups excluding tert-OH is 1. The van der Waals surface area contributed by atoms with E-state index in [0.29, 0.717) is 31.6 Å². The Hall–Kier alpha value is -1.94. The lowest BCUT2D eigenvalue weighted by Crippen LogP contribution is -2.30. The summed E-state index contributed by atoms with van der Waals surface area (Å²) < 4.78 is 68.5. The average molecular weight is 1440 g/mol. The number of phosphoric ester groups is 2. The summed E-state index contributed by atoms with van der Waals surface area (Å²) in [5.74, 6) is 0.226. The second-order valence-corrected chi connectivity index (χ2v) is 32.6. The molecule has 3 unspecified atom stereocenters. The Labute approximate surface area is 600 Å². The minimum absolute atomic E-state index is 0.106. The predicted octanol–water partition coefficient (Wildman–Crippen LogP) is 23.4. The van der Waals surface area contributed by atoms with Crippen LogP contribution in [0.15, 0.2) is 0 Å². The number of unbranched alkanes of at least 4 members (excludes halogenated alkanes) is 44. The minimum atomic E-state index is -4.96. The highest BCUT2D eigenvalue weighted by atomic mass is 31.2. The maximum absolute atomic E-state index is 13.1. The molecule has 6 atom stereocenters. The smallest absolute Gasteiger partial charge is 0.462 e. The molecule has 0 aliphatic rings. The summed E-state index contributed by atoms with van der Waals surface area (Å²) >= 11 is 0. The molecule has 0 fully saturated rings. The van der Waals surface area contributed by atoms with E-state index in [1.54, 1.807) is 0 Å². The first-order valence-electron chi connectivity index (χ1n) is 40.9. The number of esters is 4. The Kier molecular flexibility index (Phi) is 68.1. The molecule has 19 heteroatoms. The minimum Gasteiger partial charge on any atom is -0.462 e. The first-order valence-corrected chi connectivity index (χ1v) is 43.9. The number of rotatable bonds is 77. The van der Waals surface area contributed by atoms with Crippen LogP contribution in [0.25, 0.3) is 0 Å². The van der Waals surface area contributed by atoms with Crippen molar-refractivity contribution in [3.8, 4) is 0 Å². The van der Waals surface area contributed by atoms with Crippen molar-refractivity contribution in [2.75, 3.05) is 39.6 Å². The van der Waals surface area contributed by atoms with Gasteiger partial charge in [-0.25, -0.2) is 9.13 Å². The van der Waals surface area contributed by atoms with Crippen molar-refractivity contribution < 1.29 is 80.2 Å². The highest BCUT2D eigenvalue weighted by Crippen LogP contribution is 2.45. The lowest BCUT2D eigenvalue weighted by Gasteiger charge is -2.21. The maximum atomic E-state index is 13.1. The van der Waals surface area contributed by atoms with E-state index in [1.165, 1.54) is 212 Å². The summed E-state index contributed by atoms with van der Waals surface area (Å²) in [4.78, 5) is 72.8. The van der Waals surface area contributed by atoms with Gasteiger partial charge in [0.2, 0.25) is 0 Å². The third-order valence-corrected chi connectivity index (χ3v) is 20.6. The lowest BCUT2D eigenvalue weighted by molar-refractivity contribution is -0.161. The van der Waals surface area contributed by atoms with Crippen LogP contribution in [0, 0.1) is 17.8 Å². The molecule has 0 aromatic carbocycles. The Bertz CT molecular complexity index is 1910. The van der Waals surface area contributed by atoms with Crippen LogP contribution in [0.3, 0.4) is 0 Å². The molecule has 0 aromatic rings. The second kappa shape index (κ2) is 69.4.